The van der Waals surface area contributed by atoms with Gasteiger partial charge in [0.1, 0.15) is 10.3 Å². The van der Waals surface area contributed by atoms with E-state index >= 15 is 0 Å². The number of rotatable bonds is 2. The molecule has 0 aliphatic carbocycles. The zero-order valence-electron chi connectivity index (χ0n) is 14.1. The van der Waals surface area contributed by atoms with Gasteiger partial charge in [0.25, 0.3) is 5.56 Å². The van der Waals surface area contributed by atoms with Crippen LogP contribution in [-0.2, 0) is 7.05 Å². The molecular weight excluding hydrogens is 350 g/mol. The molecule has 130 valence electrons. The van der Waals surface area contributed by atoms with Crippen LogP contribution in [0.5, 0.6) is 5.75 Å². The SMILES string of the molecule is Cc1ccc(Sc2c(O)c3c(=O)n(C)c4ccccc4c3oc2=O)cc1. The molecular formula is C20H15NO4S. The van der Waals surface area contributed by atoms with Crippen LogP contribution < -0.4 is 11.2 Å². The number of para-hydroxylation sites is 1. The monoisotopic (exact) mass is 365 g/mol. The Morgan fingerprint density at radius 1 is 1.04 bits per heavy atom. The van der Waals surface area contributed by atoms with Crippen LogP contribution in [0.2, 0.25) is 0 Å². The van der Waals surface area contributed by atoms with E-state index in [0.717, 1.165) is 22.2 Å². The molecule has 0 spiro atoms. The van der Waals surface area contributed by atoms with Crippen molar-refractivity contribution in [2.24, 2.45) is 7.05 Å². The number of pyridine rings is 1. The Bertz CT molecular complexity index is 1270. The molecule has 0 unspecified atom stereocenters. The number of benzene rings is 2. The van der Waals surface area contributed by atoms with Gasteiger partial charge in [-0.05, 0) is 31.2 Å². The van der Waals surface area contributed by atoms with Crippen LogP contribution in [0.25, 0.3) is 21.9 Å². The second-order valence-corrected chi connectivity index (χ2v) is 7.15. The summed E-state index contributed by atoms with van der Waals surface area (Å²) >= 11 is 1.08. The third-order valence-corrected chi connectivity index (χ3v) is 5.40. The van der Waals surface area contributed by atoms with Crippen molar-refractivity contribution in [3.63, 3.8) is 0 Å². The van der Waals surface area contributed by atoms with Crippen LogP contribution in [0.15, 0.2) is 72.3 Å². The summed E-state index contributed by atoms with van der Waals surface area (Å²) in [6.07, 6.45) is 0. The van der Waals surface area contributed by atoms with Gasteiger partial charge in [-0.1, -0.05) is 41.6 Å². The summed E-state index contributed by atoms with van der Waals surface area (Å²) in [5.41, 5.74) is 0.750. The van der Waals surface area contributed by atoms with Crippen LogP contribution in [-0.4, -0.2) is 9.67 Å². The first-order chi connectivity index (χ1) is 12.5. The molecule has 2 aromatic carbocycles. The molecule has 0 saturated carbocycles. The van der Waals surface area contributed by atoms with Crippen molar-refractivity contribution < 1.29 is 9.52 Å². The Labute approximate surface area is 152 Å². The maximum absolute atomic E-state index is 12.8. The Balaban J connectivity index is 2.04. The second kappa shape index (κ2) is 6.07. The smallest absolute Gasteiger partial charge is 0.354 e. The van der Waals surface area contributed by atoms with E-state index in [1.807, 2.05) is 31.2 Å². The van der Waals surface area contributed by atoms with Crippen molar-refractivity contribution in [1.82, 2.24) is 4.57 Å². The van der Waals surface area contributed by atoms with E-state index in [-0.39, 0.29) is 21.6 Å². The van der Waals surface area contributed by atoms with Crippen LogP contribution in [0, 0.1) is 6.92 Å². The lowest BCUT2D eigenvalue weighted by molar-refractivity contribution is 0.447. The lowest BCUT2D eigenvalue weighted by Crippen LogP contribution is -2.19. The third kappa shape index (κ3) is 2.50. The van der Waals surface area contributed by atoms with E-state index in [2.05, 4.69) is 0 Å². The van der Waals surface area contributed by atoms with E-state index in [4.69, 9.17) is 4.42 Å². The Morgan fingerprint density at radius 2 is 1.73 bits per heavy atom. The van der Waals surface area contributed by atoms with Crippen molar-refractivity contribution in [3.8, 4) is 5.75 Å². The predicted octanol–water partition coefficient (Wildman–Crippen LogP) is 3.81. The highest BCUT2D eigenvalue weighted by Gasteiger charge is 2.21. The topological polar surface area (TPSA) is 72.4 Å². The highest BCUT2D eigenvalue weighted by atomic mass is 32.2. The summed E-state index contributed by atoms with van der Waals surface area (Å²) in [5.74, 6) is -0.340. The zero-order valence-corrected chi connectivity index (χ0v) is 15.0. The summed E-state index contributed by atoms with van der Waals surface area (Å²) in [6, 6.07) is 14.6. The van der Waals surface area contributed by atoms with Gasteiger partial charge in [-0.2, -0.15) is 0 Å². The van der Waals surface area contributed by atoms with Gasteiger partial charge >= 0.3 is 5.63 Å². The molecule has 5 nitrogen and oxygen atoms in total. The van der Waals surface area contributed by atoms with E-state index in [9.17, 15) is 14.7 Å². The second-order valence-electron chi connectivity index (χ2n) is 6.07. The first-order valence-corrected chi connectivity index (χ1v) is 8.81. The fourth-order valence-electron chi connectivity index (χ4n) is 2.95. The van der Waals surface area contributed by atoms with Gasteiger partial charge in [0.2, 0.25) is 0 Å². The number of aromatic nitrogens is 1. The van der Waals surface area contributed by atoms with Gasteiger partial charge in [-0.15, -0.1) is 0 Å². The summed E-state index contributed by atoms with van der Waals surface area (Å²) in [7, 11) is 1.63. The molecule has 0 atom stereocenters. The van der Waals surface area contributed by atoms with Gasteiger partial charge in [0.15, 0.2) is 11.3 Å². The molecule has 6 heteroatoms. The van der Waals surface area contributed by atoms with Gasteiger partial charge < -0.3 is 14.1 Å². The third-order valence-electron chi connectivity index (χ3n) is 4.33. The first kappa shape index (κ1) is 16.5. The summed E-state index contributed by atoms with van der Waals surface area (Å²) in [6.45, 7) is 1.96. The zero-order chi connectivity index (χ0) is 18.4. The van der Waals surface area contributed by atoms with Gasteiger partial charge in [-0.3, -0.25) is 4.79 Å². The minimum Gasteiger partial charge on any atom is -0.505 e. The fourth-order valence-corrected chi connectivity index (χ4v) is 3.78. The van der Waals surface area contributed by atoms with Crippen LogP contribution in [0.4, 0.5) is 0 Å². The van der Waals surface area contributed by atoms with Crippen molar-refractivity contribution in [2.45, 2.75) is 16.7 Å². The molecule has 4 aromatic rings. The number of fused-ring (bicyclic) bond motifs is 3. The number of hydrogen-bond acceptors (Lipinski definition) is 5. The van der Waals surface area contributed by atoms with E-state index < -0.39 is 11.2 Å². The molecule has 2 aromatic heterocycles. The van der Waals surface area contributed by atoms with Crippen molar-refractivity contribution in [3.05, 3.63) is 74.9 Å². The van der Waals surface area contributed by atoms with Crippen molar-refractivity contribution in [1.29, 1.82) is 0 Å². The Hall–Kier alpha value is -2.99. The molecule has 0 fully saturated rings. The Morgan fingerprint density at radius 3 is 2.46 bits per heavy atom. The largest absolute Gasteiger partial charge is 0.505 e. The maximum Gasteiger partial charge on any atom is 0.354 e. The van der Waals surface area contributed by atoms with Gasteiger partial charge in [0, 0.05) is 17.3 Å². The van der Waals surface area contributed by atoms with Gasteiger partial charge in [0.05, 0.1) is 5.52 Å². The molecule has 0 bridgehead atoms. The van der Waals surface area contributed by atoms with E-state index in [1.165, 1.54) is 4.57 Å². The fraction of sp³-hybridized carbons (Fsp3) is 0.100. The van der Waals surface area contributed by atoms with Crippen LogP contribution >= 0.6 is 11.8 Å². The average Bonchev–Trinajstić information content (AvgIpc) is 2.64. The number of hydrogen-bond donors (Lipinski definition) is 1. The van der Waals surface area contributed by atoms with Gasteiger partial charge in [-0.25, -0.2) is 4.79 Å². The predicted molar refractivity (Wildman–Crippen MR) is 102 cm³/mol. The highest BCUT2D eigenvalue weighted by molar-refractivity contribution is 7.99. The van der Waals surface area contributed by atoms with E-state index in [0.29, 0.717) is 10.9 Å². The molecule has 0 amide bonds. The van der Waals surface area contributed by atoms with Crippen molar-refractivity contribution >= 4 is 33.6 Å². The molecule has 0 aliphatic heterocycles. The van der Waals surface area contributed by atoms with E-state index in [1.54, 1.807) is 31.3 Å². The molecule has 0 radical (unpaired) electrons. The maximum atomic E-state index is 12.8. The molecule has 26 heavy (non-hydrogen) atoms. The molecule has 2 heterocycles. The van der Waals surface area contributed by atoms with Crippen LogP contribution in [0.1, 0.15) is 5.56 Å². The quantitative estimate of drug-likeness (QED) is 0.547. The molecule has 4 rings (SSSR count). The number of aromatic hydroxyl groups is 1. The highest BCUT2D eigenvalue weighted by Crippen LogP contribution is 2.36. The minimum atomic E-state index is -0.668. The molecule has 0 saturated heterocycles. The Kier molecular flexibility index (Phi) is 3.85. The lowest BCUT2D eigenvalue weighted by Gasteiger charge is -2.10. The van der Waals surface area contributed by atoms with Crippen molar-refractivity contribution in [2.75, 3.05) is 0 Å². The number of aryl methyl sites for hydroxylation is 2. The molecule has 0 aliphatic rings. The summed E-state index contributed by atoms with van der Waals surface area (Å²) in [5, 5.41) is 11.3. The number of nitrogens with zero attached hydrogens (tertiary/aromatic N) is 1. The standard InChI is InChI=1S/C20H15NO4S/c1-11-7-9-12(10-8-11)26-18-16(22)15-17(25-20(18)24)13-5-3-4-6-14(13)21(2)19(15)23/h3-10,22H,1-2H3. The average molecular weight is 365 g/mol. The molecule has 1 N–H and O–H groups in total. The normalized spacial score (nSPS) is 11.3. The summed E-state index contributed by atoms with van der Waals surface area (Å²) in [4.78, 5) is 26.0. The lowest BCUT2D eigenvalue weighted by atomic mass is 10.1. The first-order valence-electron chi connectivity index (χ1n) is 7.99. The summed E-state index contributed by atoms with van der Waals surface area (Å²) < 4.78 is 6.91. The van der Waals surface area contributed by atoms with Crippen LogP contribution in [0.3, 0.4) is 0 Å². The minimum absolute atomic E-state index is 0.00809.